The predicted molar refractivity (Wildman–Crippen MR) is 111 cm³/mol. The van der Waals surface area contributed by atoms with Crippen LogP contribution in [-0.4, -0.2) is 27.4 Å². The third-order valence-corrected chi connectivity index (χ3v) is 8.20. The zero-order chi connectivity index (χ0) is 20.3. The van der Waals surface area contributed by atoms with Crippen LogP contribution in [0.5, 0.6) is 5.75 Å². The van der Waals surface area contributed by atoms with Gasteiger partial charge in [-0.15, -0.1) is 0 Å². The van der Waals surface area contributed by atoms with Gasteiger partial charge in [-0.25, -0.2) is 4.79 Å². The molecule has 0 bridgehead atoms. The molecule has 0 unspecified atom stereocenters. The lowest BCUT2D eigenvalue weighted by atomic mass is 9.55. The van der Waals surface area contributed by atoms with Gasteiger partial charge in [-0.05, 0) is 108 Å². The zero-order valence-electron chi connectivity index (χ0n) is 16.8. The Kier molecular flexibility index (Phi) is 4.25. The van der Waals surface area contributed by atoms with Crippen LogP contribution in [0.2, 0.25) is 0 Å². The van der Waals surface area contributed by atoms with Crippen LogP contribution >= 0.6 is 0 Å². The Morgan fingerprint density at radius 3 is 2.55 bits per heavy atom. The van der Waals surface area contributed by atoms with Gasteiger partial charge in [-0.1, -0.05) is 19.1 Å². The van der Waals surface area contributed by atoms with Crippen LogP contribution in [0, 0.1) is 17.3 Å². The highest BCUT2D eigenvalue weighted by Gasteiger charge is 2.54. The number of hydrogen-bond acceptors (Lipinski definition) is 3. The van der Waals surface area contributed by atoms with Crippen molar-refractivity contribution in [3.8, 4) is 16.9 Å². The molecule has 0 heterocycles. The summed E-state index contributed by atoms with van der Waals surface area (Å²) in [5, 5.41) is 30.2. The zero-order valence-corrected chi connectivity index (χ0v) is 16.8. The van der Waals surface area contributed by atoms with Crippen molar-refractivity contribution in [2.45, 2.75) is 57.5 Å². The van der Waals surface area contributed by atoms with Crippen molar-refractivity contribution in [1.29, 1.82) is 0 Å². The number of aromatic carboxylic acids is 1. The van der Waals surface area contributed by atoms with Gasteiger partial charge in [0, 0.05) is 0 Å². The molecular formula is C25H28O4. The van der Waals surface area contributed by atoms with Crippen LogP contribution in [0.25, 0.3) is 11.1 Å². The molecule has 3 aliphatic rings. The van der Waals surface area contributed by atoms with E-state index in [1.54, 1.807) is 12.1 Å². The Morgan fingerprint density at radius 1 is 1.07 bits per heavy atom. The normalized spacial score (nSPS) is 32.9. The average molecular weight is 392 g/mol. The van der Waals surface area contributed by atoms with Crippen LogP contribution in [-0.2, 0) is 6.42 Å². The van der Waals surface area contributed by atoms with E-state index in [0.29, 0.717) is 17.8 Å². The topological polar surface area (TPSA) is 77.8 Å². The van der Waals surface area contributed by atoms with E-state index in [4.69, 9.17) is 0 Å². The molecule has 4 heteroatoms. The summed E-state index contributed by atoms with van der Waals surface area (Å²) in [4.78, 5) is 11.2. The minimum absolute atomic E-state index is 0.0406. The summed E-state index contributed by atoms with van der Waals surface area (Å²) in [5.41, 5.74) is 4.88. The second-order valence-corrected chi connectivity index (χ2v) is 9.50. The number of carboxylic acid groups (broad SMARTS) is 1. The number of aryl methyl sites for hydroxylation is 1. The molecule has 0 radical (unpaired) electrons. The maximum Gasteiger partial charge on any atom is 0.335 e. The number of aliphatic hydroxyl groups excluding tert-OH is 1. The molecule has 3 N–H and O–H groups in total. The van der Waals surface area contributed by atoms with Crippen LogP contribution in [0.4, 0.5) is 0 Å². The molecule has 3 aliphatic carbocycles. The molecule has 5 rings (SSSR count). The Morgan fingerprint density at radius 2 is 1.83 bits per heavy atom. The molecule has 152 valence electrons. The number of rotatable bonds is 2. The molecule has 29 heavy (non-hydrogen) atoms. The summed E-state index contributed by atoms with van der Waals surface area (Å²) in [5.74, 6) is 0.912. The van der Waals surface area contributed by atoms with Gasteiger partial charge >= 0.3 is 5.97 Å². The molecule has 2 saturated carbocycles. The van der Waals surface area contributed by atoms with E-state index in [9.17, 15) is 20.1 Å². The average Bonchev–Trinajstić information content (AvgIpc) is 3.02. The Labute approximate surface area is 171 Å². The smallest absolute Gasteiger partial charge is 0.335 e. The summed E-state index contributed by atoms with van der Waals surface area (Å²) in [6, 6.07) is 10.7. The number of carbonyl (C=O) groups is 1. The minimum atomic E-state index is -0.930. The highest BCUT2D eigenvalue weighted by molar-refractivity contribution is 5.88. The molecule has 0 aliphatic heterocycles. The van der Waals surface area contributed by atoms with E-state index in [1.165, 1.54) is 11.1 Å². The summed E-state index contributed by atoms with van der Waals surface area (Å²) < 4.78 is 0. The second-order valence-electron chi connectivity index (χ2n) is 9.50. The first-order valence-corrected chi connectivity index (χ1v) is 10.8. The minimum Gasteiger partial charge on any atom is -0.508 e. The van der Waals surface area contributed by atoms with Gasteiger partial charge in [-0.2, -0.15) is 0 Å². The molecule has 5 atom stereocenters. The van der Waals surface area contributed by atoms with E-state index < -0.39 is 5.97 Å². The first kappa shape index (κ1) is 18.7. The third kappa shape index (κ3) is 2.80. The molecule has 2 fully saturated rings. The van der Waals surface area contributed by atoms with Crippen LogP contribution in [0.1, 0.15) is 66.4 Å². The molecule has 0 saturated heterocycles. The standard InChI is InChI=1S/C25H28O4/c1-25-11-10-19-18(21(25)8-9-22(25)27)7-6-16-12-17(26)13-20(23(16)19)14-2-4-15(5-3-14)24(28)29/h2-5,12-13,18-19,21-22,26-27H,6-11H2,1H3,(H,28,29)/t18-,19+,21+,22-,25+/m1/s1. The Bertz CT molecular complexity index is 964. The van der Waals surface area contributed by atoms with E-state index in [0.717, 1.165) is 49.7 Å². The number of aromatic hydroxyl groups is 1. The summed E-state index contributed by atoms with van der Waals surface area (Å²) >= 11 is 0. The highest BCUT2D eigenvalue weighted by Crippen LogP contribution is 2.61. The maximum atomic E-state index is 11.2. The van der Waals surface area contributed by atoms with Crippen LogP contribution in [0.15, 0.2) is 36.4 Å². The van der Waals surface area contributed by atoms with E-state index in [1.807, 2.05) is 24.3 Å². The maximum absolute atomic E-state index is 11.2. The van der Waals surface area contributed by atoms with Gasteiger partial charge in [0.1, 0.15) is 5.75 Å². The van der Waals surface area contributed by atoms with E-state index >= 15 is 0 Å². The molecule has 2 aromatic carbocycles. The Hall–Kier alpha value is -2.33. The summed E-state index contributed by atoms with van der Waals surface area (Å²) in [7, 11) is 0. The molecule has 0 amide bonds. The monoisotopic (exact) mass is 392 g/mol. The van der Waals surface area contributed by atoms with Crippen molar-refractivity contribution in [3.05, 3.63) is 53.1 Å². The predicted octanol–water partition coefficient (Wildman–Crippen LogP) is 4.97. The molecule has 0 spiro atoms. The van der Waals surface area contributed by atoms with Gasteiger partial charge in [0.2, 0.25) is 0 Å². The number of benzene rings is 2. The third-order valence-electron chi connectivity index (χ3n) is 8.20. The fourth-order valence-corrected chi connectivity index (χ4v) is 6.72. The van der Waals surface area contributed by atoms with Gasteiger partial charge < -0.3 is 15.3 Å². The van der Waals surface area contributed by atoms with Gasteiger partial charge in [0.15, 0.2) is 0 Å². The first-order valence-electron chi connectivity index (χ1n) is 10.8. The fourth-order valence-electron chi connectivity index (χ4n) is 6.72. The lowest BCUT2D eigenvalue weighted by Crippen LogP contribution is -2.44. The molecule has 2 aromatic rings. The number of aliphatic hydroxyl groups is 1. The number of carboxylic acids is 1. The van der Waals surface area contributed by atoms with Crippen LogP contribution < -0.4 is 0 Å². The van der Waals surface area contributed by atoms with Crippen molar-refractivity contribution in [2.75, 3.05) is 0 Å². The SMILES string of the molecule is C[C@]12CC[C@@H]3c4c(cc(O)cc4-c4ccc(C(=O)O)cc4)CC[C@H]3[C@@H]1CC[C@H]2O. The fraction of sp³-hybridized carbons (Fsp3) is 0.480. The van der Waals surface area contributed by atoms with Crippen molar-refractivity contribution in [3.63, 3.8) is 0 Å². The number of fused-ring (bicyclic) bond motifs is 5. The summed E-state index contributed by atoms with van der Waals surface area (Å²) in [6.07, 6.45) is 6.01. The lowest BCUT2D eigenvalue weighted by molar-refractivity contribution is -0.0225. The van der Waals surface area contributed by atoms with Crippen molar-refractivity contribution < 1.29 is 20.1 Å². The first-order chi connectivity index (χ1) is 13.9. The van der Waals surface area contributed by atoms with Gasteiger partial charge in [0.05, 0.1) is 11.7 Å². The number of phenolic OH excluding ortho intramolecular Hbond substituents is 1. The van der Waals surface area contributed by atoms with Crippen LogP contribution in [0.3, 0.4) is 0 Å². The highest BCUT2D eigenvalue weighted by atomic mass is 16.4. The lowest BCUT2D eigenvalue weighted by Gasteiger charge is -2.50. The van der Waals surface area contributed by atoms with Gasteiger partial charge in [0.25, 0.3) is 0 Å². The van der Waals surface area contributed by atoms with Crippen molar-refractivity contribution in [2.24, 2.45) is 17.3 Å². The number of phenols is 1. The molecule has 0 aromatic heterocycles. The number of hydrogen-bond donors (Lipinski definition) is 3. The van der Waals surface area contributed by atoms with Crippen molar-refractivity contribution in [1.82, 2.24) is 0 Å². The van der Waals surface area contributed by atoms with Crippen molar-refractivity contribution >= 4 is 5.97 Å². The van der Waals surface area contributed by atoms with Gasteiger partial charge in [-0.3, -0.25) is 0 Å². The largest absolute Gasteiger partial charge is 0.508 e. The Balaban J connectivity index is 1.59. The quantitative estimate of drug-likeness (QED) is 0.674. The van der Waals surface area contributed by atoms with E-state index in [2.05, 4.69) is 6.92 Å². The second kappa shape index (κ2) is 6.60. The van der Waals surface area contributed by atoms with E-state index in [-0.39, 0.29) is 22.8 Å². The molecular weight excluding hydrogens is 364 g/mol. The summed E-state index contributed by atoms with van der Waals surface area (Å²) in [6.45, 7) is 2.28. The molecule has 4 nitrogen and oxygen atoms in total.